The third-order valence-electron chi connectivity index (χ3n) is 5.00. The molecule has 1 aromatic carbocycles. The summed E-state index contributed by atoms with van der Waals surface area (Å²) in [5.74, 6) is 2.53. The van der Waals surface area contributed by atoms with Crippen molar-refractivity contribution in [2.24, 2.45) is 4.99 Å². The van der Waals surface area contributed by atoms with E-state index >= 15 is 0 Å². The quantitative estimate of drug-likeness (QED) is 0.603. The van der Waals surface area contributed by atoms with Gasteiger partial charge in [0.15, 0.2) is 17.5 Å². The molecule has 0 saturated heterocycles. The number of aromatic nitrogens is 1. The third kappa shape index (κ3) is 3.62. The van der Waals surface area contributed by atoms with E-state index in [1.165, 1.54) is 18.4 Å². The second-order valence-electron chi connectivity index (χ2n) is 6.81. The molecule has 0 atom stereocenters. The van der Waals surface area contributed by atoms with Crippen LogP contribution in [0.25, 0.3) is 0 Å². The Bertz CT molecular complexity index is 814. The van der Waals surface area contributed by atoms with Crippen LogP contribution in [0.2, 0.25) is 0 Å². The Morgan fingerprint density at radius 3 is 2.85 bits per heavy atom. The van der Waals surface area contributed by atoms with E-state index in [-0.39, 0.29) is 5.41 Å². The Morgan fingerprint density at radius 2 is 2.12 bits per heavy atom. The normalized spacial score (nSPS) is 17.2. The molecule has 0 spiro atoms. The lowest BCUT2D eigenvalue weighted by Crippen LogP contribution is -2.42. The summed E-state index contributed by atoms with van der Waals surface area (Å²) in [4.78, 5) is 8.83. The summed E-state index contributed by atoms with van der Waals surface area (Å²) in [5.41, 5.74) is 2.61. The first kappa shape index (κ1) is 17.1. The molecule has 1 aromatic heterocycles. The molecule has 4 rings (SSSR count). The van der Waals surface area contributed by atoms with E-state index in [0.29, 0.717) is 6.79 Å². The molecule has 0 amide bonds. The van der Waals surface area contributed by atoms with E-state index in [1.54, 1.807) is 11.3 Å². The SMILES string of the molecule is CN=C(NCCc1csc(C)n1)NCC1(c2ccc3c(c2)OCO3)CC1. The number of aliphatic imine (C=N–C) groups is 1. The van der Waals surface area contributed by atoms with Crippen molar-refractivity contribution in [1.82, 2.24) is 15.6 Å². The summed E-state index contributed by atoms with van der Waals surface area (Å²) in [6.45, 7) is 4.04. The highest BCUT2D eigenvalue weighted by molar-refractivity contribution is 7.09. The smallest absolute Gasteiger partial charge is 0.231 e. The molecule has 2 aliphatic rings. The molecule has 0 radical (unpaired) electrons. The number of thiazole rings is 1. The van der Waals surface area contributed by atoms with Crippen LogP contribution in [0, 0.1) is 6.92 Å². The maximum atomic E-state index is 5.52. The largest absolute Gasteiger partial charge is 0.454 e. The second kappa shape index (κ2) is 7.15. The molecule has 26 heavy (non-hydrogen) atoms. The molecule has 1 aliphatic carbocycles. The summed E-state index contributed by atoms with van der Waals surface area (Å²) in [5, 5.41) is 10.1. The lowest BCUT2D eigenvalue weighted by molar-refractivity contribution is 0.174. The first-order valence-corrected chi connectivity index (χ1v) is 9.82. The summed E-state index contributed by atoms with van der Waals surface area (Å²) < 4.78 is 10.9. The summed E-state index contributed by atoms with van der Waals surface area (Å²) in [6, 6.07) is 6.29. The minimum atomic E-state index is 0.171. The van der Waals surface area contributed by atoms with Crippen molar-refractivity contribution in [1.29, 1.82) is 0 Å². The fourth-order valence-corrected chi connectivity index (χ4v) is 3.90. The van der Waals surface area contributed by atoms with E-state index in [4.69, 9.17) is 9.47 Å². The predicted octanol–water partition coefficient (Wildman–Crippen LogP) is 2.62. The van der Waals surface area contributed by atoms with Crippen LogP contribution in [-0.2, 0) is 11.8 Å². The van der Waals surface area contributed by atoms with Crippen LogP contribution in [0.3, 0.4) is 0 Å². The van der Waals surface area contributed by atoms with Crippen LogP contribution in [0.1, 0.15) is 29.1 Å². The number of aryl methyl sites for hydroxylation is 1. The van der Waals surface area contributed by atoms with Crippen molar-refractivity contribution in [2.45, 2.75) is 31.6 Å². The molecule has 2 aromatic rings. The highest BCUT2D eigenvalue weighted by Gasteiger charge is 2.44. The Hall–Kier alpha value is -2.28. The fraction of sp³-hybridized carbons (Fsp3) is 0.474. The number of ether oxygens (including phenoxy) is 2. The van der Waals surface area contributed by atoms with Crippen LogP contribution in [0.15, 0.2) is 28.6 Å². The first-order chi connectivity index (χ1) is 12.7. The standard InChI is InChI=1S/C19H24N4O2S/c1-13-23-15(10-26-13)5-8-21-18(20-2)22-11-19(6-7-19)14-3-4-16-17(9-14)25-12-24-16/h3-4,9-10H,5-8,11-12H2,1-2H3,(H2,20,21,22). The number of fused-ring (bicyclic) bond motifs is 1. The molecule has 0 bridgehead atoms. The van der Waals surface area contributed by atoms with Gasteiger partial charge in [0.05, 0.1) is 10.7 Å². The number of benzene rings is 1. The zero-order valence-electron chi connectivity index (χ0n) is 15.2. The number of hydrogen-bond acceptors (Lipinski definition) is 5. The number of hydrogen-bond donors (Lipinski definition) is 2. The van der Waals surface area contributed by atoms with Crippen LogP contribution in [0.5, 0.6) is 11.5 Å². The molecule has 6 nitrogen and oxygen atoms in total. The minimum absolute atomic E-state index is 0.171. The zero-order valence-corrected chi connectivity index (χ0v) is 16.0. The molecule has 1 aliphatic heterocycles. The average Bonchev–Trinajstić information content (AvgIpc) is 3.09. The Kier molecular flexibility index (Phi) is 4.72. The van der Waals surface area contributed by atoms with Crippen LogP contribution in [-0.4, -0.2) is 37.9 Å². The van der Waals surface area contributed by atoms with Gasteiger partial charge in [0, 0.05) is 37.4 Å². The van der Waals surface area contributed by atoms with Crippen molar-refractivity contribution in [3.05, 3.63) is 39.8 Å². The number of rotatable bonds is 6. The summed E-state index contributed by atoms with van der Waals surface area (Å²) in [6.07, 6.45) is 3.25. The number of nitrogens with one attached hydrogen (secondary N) is 2. The number of nitrogens with zero attached hydrogens (tertiary/aromatic N) is 2. The highest BCUT2D eigenvalue weighted by atomic mass is 32.1. The molecule has 1 saturated carbocycles. The van der Waals surface area contributed by atoms with Gasteiger partial charge < -0.3 is 20.1 Å². The second-order valence-corrected chi connectivity index (χ2v) is 7.87. The summed E-state index contributed by atoms with van der Waals surface area (Å²) >= 11 is 1.69. The Balaban J connectivity index is 1.30. The minimum Gasteiger partial charge on any atom is -0.454 e. The molecule has 2 N–H and O–H groups in total. The molecule has 0 unspecified atom stereocenters. The Morgan fingerprint density at radius 1 is 1.27 bits per heavy atom. The molecule has 1 fully saturated rings. The monoisotopic (exact) mass is 372 g/mol. The third-order valence-corrected chi connectivity index (χ3v) is 5.82. The van der Waals surface area contributed by atoms with Crippen molar-refractivity contribution >= 4 is 17.3 Å². The molecule has 7 heteroatoms. The predicted molar refractivity (Wildman–Crippen MR) is 103 cm³/mol. The van der Waals surface area contributed by atoms with Gasteiger partial charge in [-0.25, -0.2) is 4.98 Å². The van der Waals surface area contributed by atoms with Gasteiger partial charge in [0.25, 0.3) is 0 Å². The van der Waals surface area contributed by atoms with E-state index in [9.17, 15) is 0 Å². The maximum Gasteiger partial charge on any atom is 0.231 e. The van der Waals surface area contributed by atoms with Crippen molar-refractivity contribution < 1.29 is 9.47 Å². The van der Waals surface area contributed by atoms with Gasteiger partial charge in [-0.1, -0.05) is 6.07 Å². The van der Waals surface area contributed by atoms with Gasteiger partial charge in [-0.3, -0.25) is 4.99 Å². The first-order valence-electron chi connectivity index (χ1n) is 8.94. The Labute approximate surface area is 157 Å². The molecule has 138 valence electrons. The summed E-state index contributed by atoms with van der Waals surface area (Å²) in [7, 11) is 1.81. The van der Waals surface area contributed by atoms with E-state index in [2.05, 4.69) is 38.1 Å². The van der Waals surface area contributed by atoms with Gasteiger partial charge in [-0.15, -0.1) is 11.3 Å². The van der Waals surface area contributed by atoms with Gasteiger partial charge in [0.1, 0.15) is 0 Å². The van der Waals surface area contributed by atoms with Crippen LogP contribution >= 0.6 is 11.3 Å². The highest BCUT2D eigenvalue weighted by Crippen LogP contribution is 2.49. The van der Waals surface area contributed by atoms with Gasteiger partial charge >= 0.3 is 0 Å². The molecular weight excluding hydrogens is 348 g/mol. The zero-order chi connectivity index (χ0) is 18.0. The fourth-order valence-electron chi connectivity index (χ4n) is 3.25. The van der Waals surface area contributed by atoms with E-state index in [1.807, 2.05) is 20.0 Å². The van der Waals surface area contributed by atoms with Crippen LogP contribution < -0.4 is 20.1 Å². The van der Waals surface area contributed by atoms with Crippen molar-refractivity contribution in [2.75, 3.05) is 26.9 Å². The van der Waals surface area contributed by atoms with Gasteiger partial charge in [0.2, 0.25) is 6.79 Å². The van der Waals surface area contributed by atoms with Crippen LogP contribution in [0.4, 0.5) is 0 Å². The maximum absolute atomic E-state index is 5.52. The number of guanidine groups is 1. The average molecular weight is 372 g/mol. The van der Waals surface area contributed by atoms with E-state index in [0.717, 1.165) is 47.7 Å². The topological polar surface area (TPSA) is 67.8 Å². The van der Waals surface area contributed by atoms with Gasteiger partial charge in [-0.05, 0) is 37.5 Å². The van der Waals surface area contributed by atoms with Crippen molar-refractivity contribution in [3.8, 4) is 11.5 Å². The van der Waals surface area contributed by atoms with Gasteiger partial charge in [-0.2, -0.15) is 0 Å². The lowest BCUT2D eigenvalue weighted by Gasteiger charge is -2.19. The van der Waals surface area contributed by atoms with E-state index < -0.39 is 0 Å². The lowest BCUT2D eigenvalue weighted by atomic mass is 9.95. The van der Waals surface area contributed by atoms with Crippen molar-refractivity contribution in [3.63, 3.8) is 0 Å². The molecular formula is C19H24N4O2S. The molecule has 2 heterocycles.